The highest BCUT2D eigenvalue weighted by molar-refractivity contribution is 7.22. The van der Waals surface area contributed by atoms with E-state index >= 15 is 0 Å². The molecule has 33 heavy (non-hydrogen) atoms. The Labute approximate surface area is 196 Å². The third kappa shape index (κ3) is 4.57. The van der Waals surface area contributed by atoms with Crippen molar-refractivity contribution in [1.82, 2.24) is 9.88 Å². The molecule has 6 nitrogen and oxygen atoms in total. The van der Waals surface area contributed by atoms with E-state index in [2.05, 4.69) is 14.8 Å². The predicted molar refractivity (Wildman–Crippen MR) is 130 cm³/mol. The molecule has 1 aromatic heterocycles. The van der Waals surface area contributed by atoms with Crippen molar-refractivity contribution in [2.45, 2.75) is 19.8 Å². The number of carbonyl (C=O) groups excluding carboxylic acids is 2. The number of hydrogen-bond acceptors (Lipinski definition) is 6. The maximum atomic E-state index is 13.5. The summed E-state index contributed by atoms with van der Waals surface area (Å²) in [6, 6.07) is 12.4. The highest BCUT2D eigenvalue weighted by Crippen LogP contribution is 2.32. The van der Waals surface area contributed by atoms with Crippen molar-refractivity contribution in [3.8, 4) is 0 Å². The Kier molecular flexibility index (Phi) is 6.01. The van der Waals surface area contributed by atoms with E-state index in [1.807, 2.05) is 29.2 Å². The van der Waals surface area contributed by atoms with Gasteiger partial charge in [-0.3, -0.25) is 9.59 Å². The average molecular weight is 467 g/mol. The first-order valence-electron chi connectivity index (χ1n) is 11.4. The minimum absolute atomic E-state index is 0.0381. The van der Waals surface area contributed by atoms with Crippen LogP contribution < -0.4 is 9.80 Å². The summed E-state index contributed by atoms with van der Waals surface area (Å²) in [7, 11) is 0. The molecular weight excluding hydrogens is 439 g/mol. The van der Waals surface area contributed by atoms with Gasteiger partial charge in [0.2, 0.25) is 5.91 Å². The minimum atomic E-state index is -0.252. The lowest BCUT2D eigenvalue weighted by Crippen LogP contribution is -2.52. The Bertz CT molecular complexity index is 1170. The van der Waals surface area contributed by atoms with Crippen molar-refractivity contribution in [2.75, 3.05) is 49.1 Å². The van der Waals surface area contributed by atoms with Crippen LogP contribution in [0.1, 0.15) is 30.1 Å². The molecular formula is C25H27FN4O2S. The molecule has 2 fully saturated rings. The molecule has 0 spiro atoms. The molecule has 1 atom stereocenters. The lowest BCUT2D eigenvalue weighted by molar-refractivity contribution is -0.136. The zero-order chi connectivity index (χ0) is 22.9. The smallest absolute Gasteiger partial charge is 0.227 e. The molecule has 8 heteroatoms. The zero-order valence-electron chi connectivity index (χ0n) is 18.7. The third-order valence-electron chi connectivity index (χ3n) is 6.61. The standard InChI is InChI=1S/C25H27FN4O2S/c1-17(31)18-4-7-21(8-5-18)28-11-13-29(14-12-28)24(32)19-3-2-10-30(16-19)25-27-22-9-6-20(26)15-23(22)33-25/h4-9,15,19H,2-3,10-14,16H2,1H3. The molecule has 5 rings (SSSR count). The van der Waals surface area contributed by atoms with Gasteiger partial charge in [0.25, 0.3) is 0 Å². The molecule has 2 saturated heterocycles. The summed E-state index contributed by atoms with van der Waals surface area (Å²) in [5, 5.41) is 0.868. The topological polar surface area (TPSA) is 56.8 Å². The number of rotatable bonds is 4. The number of ketones is 1. The van der Waals surface area contributed by atoms with Gasteiger partial charge in [-0.1, -0.05) is 11.3 Å². The van der Waals surface area contributed by atoms with Crippen molar-refractivity contribution in [2.24, 2.45) is 5.92 Å². The second-order valence-electron chi connectivity index (χ2n) is 8.81. The number of halogens is 1. The Morgan fingerprint density at radius 2 is 1.76 bits per heavy atom. The van der Waals surface area contributed by atoms with E-state index in [4.69, 9.17) is 0 Å². The highest BCUT2D eigenvalue weighted by Gasteiger charge is 2.32. The monoisotopic (exact) mass is 466 g/mol. The van der Waals surface area contributed by atoms with E-state index in [9.17, 15) is 14.0 Å². The van der Waals surface area contributed by atoms with Crippen LogP contribution in [0.15, 0.2) is 42.5 Å². The fourth-order valence-electron chi connectivity index (χ4n) is 4.72. The molecule has 0 radical (unpaired) electrons. The van der Waals surface area contributed by atoms with Crippen LogP contribution in [0, 0.1) is 11.7 Å². The van der Waals surface area contributed by atoms with Gasteiger partial charge in [-0.25, -0.2) is 9.37 Å². The summed E-state index contributed by atoms with van der Waals surface area (Å²) >= 11 is 1.49. The Balaban J connectivity index is 1.20. The van der Waals surface area contributed by atoms with Crippen LogP contribution >= 0.6 is 11.3 Å². The van der Waals surface area contributed by atoms with Crippen LogP contribution in [0.2, 0.25) is 0 Å². The van der Waals surface area contributed by atoms with Gasteiger partial charge >= 0.3 is 0 Å². The number of amides is 1. The molecule has 0 bridgehead atoms. The number of benzene rings is 2. The zero-order valence-corrected chi connectivity index (χ0v) is 19.5. The number of hydrogen-bond donors (Lipinski definition) is 0. The summed E-state index contributed by atoms with van der Waals surface area (Å²) in [5.41, 5.74) is 2.60. The van der Waals surface area contributed by atoms with Gasteiger partial charge in [-0.15, -0.1) is 0 Å². The number of nitrogens with zero attached hydrogens (tertiary/aromatic N) is 4. The van der Waals surface area contributed by atoms with Gasteiger partial charge in [0, 0.05) is 50.5 Å². The van der Waals surface area contributed by atoms with E-state index in [0.717, 1.165) is 53.5 Å². The van der Waals surface area contributed by atoms with E-state index in [-0.39, 0.29) is 23.4 Å². The van der Waals surface area contributed by atoms with Gasteiger partial charge in [0.1, 0.15) is 5.82 Å². The second kappa shape index (κ2) is 9.09. The first-order chi connectivity index (χ1) is 16.0. The lowest BCUT2D eigenvalue weighted by Gasteiger charge is -2.39. The van der Waals surface area contributed by atoms with E-state index in [0.29, 0.717) is 25.2 Å². The van der Waals surface area contributed by atoms with Gasteiger partial charge in [0.05, 0.1) is 16.1 Å². The molecule has 1 amide bonds. The predicted octanol–water partition coefficient (Wildman–Crippen LogP) is 4.20. The van der Waals surface area contributed by atoms with Crippen molar-refractivity contribution in [3.05, 3.63) is 53.8 Å². The molecule has 2 aromatic carbocycles. The normalized spacial score (nSPS) is 19.2. The highest BCUT2D eigenvalue weighted by atomic mass is 32.1. The summed E-state index contributed by atoms with van der Waals surface area (Å²) in [5.74, 6) is -0.00262. The summed E-state index contributed by atoms with van der Waals surface area (Å²) in [4.78, 5) is 35.9. The van der Waals surface area contributed by atoms with Crippen LogP contribution in [0.3, 0.4) is 0 Å². The first kappa shape index (κ1) is 21.8. The maximum Gasteiger partial charge on any atom is 0.227 e. The Morgan fingerprint density at radius 1 is 1.00 bits per heavy atom. The van der Waals surface area contributed by atoms with Gasteiger partial charge in [-0.2, -0.15) is 0 Å². The Hall–Kier alpha value is -3.00. The van der Waals surface area contributed by atoms with Crippen LogP contribution in [0.5, 0.6) is 0 Å². The SMILES string of the molecule is CC(=O)c1ccc(N2CCN(C(=O)C3CCCN(c4nc5ccc(F)cc5s4)C3)CC2)cc1. The largest absolute Gasteiger partial charge is 0.368 e. The van der Waals surface area contributed by atoms with E-state index in [1.54, 1.807) is 13.0 Å². The minimum Gasteiger partial charge on any atom is -0.368 e. The van der Waals surface area contributed by atoms with Crippen molar-refractivity contribution in [1.29, 1.82) is 0 Å². The number of fused-ring (bicyclic) bond motifs is 1. The number of aromatic nitrogens is 1. The number of thiazole rings is 1. The average Bonchev–Trinajstić information content (AvgIpc) is 3.27. The molecule has 2 aliphatic heterocycles. The number of carbonyl (C=O) groups is 2. The summed E-state index contributed by atoms with van der Waals surface area (Å²) in [6.07, 6.45) is 1.84. The van der Waals surface area contributed by atoms with E-state index in [1.165, 1.54) is 23.5 Å². The summed E-state index contributed by atoms with van der Waals surface area (Å²) < 4.78 is 14.4. The van der Waals surface area contributed by atoms with Crippen LogP contribution in [0.4, 0.5) is 15.2 Å². The Morgan fingerprint density at radius 3 is 2.48 bits per heavy atom. The second-order valence-corrected chi connectivity index (χ2v) is 9.82. The number of piperazine rings is 1. The van der Waals surface area contributed by atoms with Crippen LogP contribution in [-0.4, -0.2) is 60.8 Å². The van der Waals surface area contributed by atoms with Crippen molar-refractivity contribution < 1.29 is 14.0 Å². The molecule has 0 N–H and O–H groups in total. The quantitative estimate of drug-likeness (QED) is 0.540. The lowest BCUT2D eigenvalue weighted by atomic mass is 9.96. The van der Waals surface area contributed by atoms with Gasteiger partial charge in [-0.05, 0) is 62.2 Å². The fourth-order valence-corrected chi connectivity index (χ4v) is 5.75. The third-order valence-corrected chi connectivity index (χ3v) is 7.69. The maximum absolute atomic E-state index is 13.5. The number of anilines is 2. The summed E-state index contributed by atoms with van der Waals surface area (Å²) in [6.45, 7) is 6.07. The molecule has 1 unspecified atom stereocenters. The van der Waals surface area contributed by atoms with Crippen molar-refractivity contribution >= 4 is 44.1 Å². The van der Waals surface area contributed by atoms with Crippen LogP contribution in [0.25, 0.3) is 10.2 Å². The first-order valence-corrected chi connectivity index (χ1v) is 12.3. The van der Waals surface area contributed by atoms with Gasteiger partial charge in [0.15, 0.2) is 10.9 Å². The molecule has 2 aliphatic rings. The fraction of sp³-hybridized carbons (Fsp3) is 0.400. The number of Topliss-reactive ketones (excluding diaryl/α,β-unsaturated/α-hetero) is 1. The molecule has 3 heterocycles. The van der Waals surface area contributed by atoms with Gasteiger partial charge < -0.3 is 14.7 Å². The molecule has 0 saturated carbocycles. The van der Waals surface area contributed by atoms with Crippen molar-refractivity contribution in [3.63, 3.8) is 0 Å². The molecule has 0 aliphatic carbocycles. The number of piperidine rings is 1. The van der Waals surface area contributed by atoms with E-state index < -0.39 is 0 Å². The van der Waals surface area contributed by atoms with Crippen LogP contribution in [-0.2, 0) is 4.79 Å². The molecule has 3 aromatic rings. The molecule has 172 valence electrons.